The minimum atomic E-state index is -0.625. The Morgan fingerprint density at radius 1 is 0.958 bits per heavy atom. The lowest BCUT2D eigenvalue weighted by Crippen LogP contribution is -3.00. The van der Waals surface area contributed by atoms with Crippen molar-refractivity contribution in [2.75, 3.05) is 26.7 Å². The Bertz CT molecular complexity index is 480. The number of quaternary nitrogens is 1. The van der Waals surface area contributed by atoms with Gasteiger partial charge in [0.25, 0.3) is 0 Å². The van der Waals surface area contributed by atoms with E-state index in [1.54, 1.807) is 0 Å². The highest BCUT2D eigenvalue weighted by atomic mass is 127. The van der Waals surface area contributed by atoms with Gasteiger partial charge in [-0.3, -0.25) is 0 Å². The number of rotatable bonds is 5. The van der Waals surface area contributed by atoms with E-state index in [1.165, 1.54) is 64.5 Å². The SMILES string of the molecule is C[N+]1(CC[C@@](O)(c2ccccc2)C2CCCCC2)CCCCC1.[I-]. The maximum absolute atomic E-state index is 11.7. The summed E-state index contributed by atoms with van der Waals surface area (Å²) in [7, 11) is 2.39. The van der Waals surface area contributed by atoms with Gasteiger partial charge in [0, 0.05) is 6.42 Å². The molecule has 1 saturated carbocycles. The third-order valence-electron chi connectivity index (χ3n) is 6.48. The molecule has 3 rings (SSSR count). The van der Waals surface area contributed by atoms with Crippen LogP contribution in [-0.4, -0.2) is 36.3 Å². The Morgan fingerprint density at radius 3 is 2.17 bits per heavy atom. The number of nitrogens with zero attached hydrogens (tertiary/aromatic N) is 1. The van der Waals surface area contributed by atoms with Crippen molar-refractivity contribution >= 4 is 0 Å². The van der Waals surface area contributed by atoms with E-state index in [9.17, 15) is 5.11 Å². The molecule has 2 aliphatic rings. The monoisotopic (exact) mass is 443 g/mol. The smallest absolute Gasteiger partial charge is 0.0978 e. The third-order valence-corrected chi connectivity index (χ3v) is 6.48. The van der Waals surface area contributed by atoms with Crippen LogP contribution in [0.1, 0.15) is 63.4 Å². The van der Waals surface area contributed by atoms with Crippen LogP contribution in [-0.2, 0) is 5.60 Å². The van der Waals surface area contributed by atoms with Crippen molar-refractivity contribution in [1.82, 2.24) is 0 Å². The molecule has 1 aliphatic carbocycles. The molecule has 1 aromatic rings. The number of piperidine rings is 1. The molecular formula is C21H34INO. The maximum Gasteiger partial charge on any atom is 0.0978 e. The standard InChI is InChI=1S/C21H34NO.HI/c1-22(16-9-4-10-17-22)18-15-21(23,19-11-5-2-6-12-19)20-13-7-3-8-14-20;/h2,5-6,11-12,20,23H,3-4,7-10,13-18H2,1H3;1H/q+1;/p-1/t21-;/m1./s1. The maximum atomic E-state index is 11.7. The summed E-state index contributed by atoms with van der Waals surface area (Å²) in [6.45, 7) is 3.69. The zero-order valence-corrected chi connectivity index (χ0v) is 17.4. The van der Waals surface area contributed by atoms with E-state index in [0.29, 0.717) is 5.92 Å². The van der Waals surface area contributed by atoms with E-state index in [2.05, 4.69) is 37.4 Å². The third kappa shape index (κ3) is 4.73. The predicted molar refractivity (Wildman–Crippen MR) is 96.2 cm³/mol. The van der Waals surface area contributed by atoms with Crippen LogP contribution in [0.4, 0.5) is 0 Å². The second-order valence-corrected chi connectivity index (χ2v) is 8.23. The number of benzene rings is 1. The molecule has 1 aliphatic heterocycles. The normalized spacial score (nSPS) is 23.9. The van der Waals surface area contributed by atoms with Crippen LogP contribution < -0.4 is 24.0 Å². The lowest BCUT2D eigenvalue weighted by atomic mass is 9.71. The molecule has 136 valence electrons. The average molecular weight is 443 g/mol. The summed E-state index contributed by atoms with van der Waals surface area (Å²) in [5.41, 5.74) is 0.524. The summed E-state index contributed by atoms with van der Waals surface area (Å²) in [6.07, 6.45) is 11.3. The van der Waals surface area contributed by atoms with Crippen molar-refractivity contribution < 1.29 is 33.6 Å². The second-order valence-electron chi connectivity index (χ2n) is 8.23. The van der Waals surface area contributed by atoms with Gasteiger partial charge in [-0.15, -0.1) is 0 Å². The molecule has 2 nitrogen and oxygen atoms in total. The van der Waals surface area contributed by atoms with Gasteiger partial charge in [0.1, 0.15) is 0 Å². The highest BCUT2D eigenvalue weighted by molar-refractivity contribution is 5.23. The van der Waals surface area contributed by atoms with Gasteiger partial charge in [0.05, 0.1) is 32.3 Å². The van der Waals surface area contributed by atoms with Crippen LogP contribution in [0.15, 0.2) is 30.3 Å². The van der Waals surface area contributed by atoms with Crippen LogP contribution in [0.5, 0.6) is 0 Å². The van der Waals surface area contributed by atoms with Crippen LogP contribution in [0, 0.1) is 5.92 Å². The fourth-order valence-electron chi connectivity index (χ4n) is 4.83. The Labute approximate surface area is 165 Å². The second kappa shape index (κ2) is 9.00. The molecule has 0 amide bonds. The van der Waals surface area contributed by atoms with E-state index >= 15 is 0 Å². The van der Waals surface area contributed by atoms with Crippen molar-refractivity contribution in [2.45, 2.75) is 63.4 Å². The average Bonchev–Trinajstić information content (AvgIpc) is 2.62. The molecule has 0 spiro atoms. The summed E-state index contributed by atoms with van der Waals surface area (Å²) in [6, 6.07) is 10.5. The largest absolute Gasteiger partial charge is 1.00 e. The van der Waals surface area contributed by atoms with Gasteiger partial charge in [-0.25, -0.2) is 0 Å². The van der Waals surface area contributed by atoms with Gasteiger partial charge in [0.15, 0.2) is 0 Å². The van der Waals surface area contributed by atoms with Crippen molar-refractivity contribution in [3.63, 3.8) is 0 Å². The molecule has 2 fully saturated rings. The number of aliphatic hydroxyl groups is 1. The first kappa shape index (κ1) is 20.2. The molecule has 24 heavy (non-hydrogen) atoms. The van der Waals surface area contributed by atoms with E-state index in [1.807, 2.05) is 0 Å². The Hall–Kier alpha value is -0.130. The molecule has 1 atom stereocenters. The Balaban J connectivity index is 0.00000208. The topological polar surface area (TPSA) is 20.2 Å². The van der Waals surface area contributed by atoms with Gasteiger partial charge in [-0.2, -0.15) is 0 Å². The van der Waals surface area contributed by atoms with Gasteiger partial charge < -0.3 is 33.6 Å². The van der Waals surface area contributed by atoms with E-state index < -0.39 is 5.60 Å². The first-order valence-electron chi connectivity index (χ1n) is 9.74. The van der Waals surface area contributed by atoms with Crippen molar-refractivity contribution in [2.24, 2.45) is 5.92 Å². The van der Waals surface area contributed by atoms with Gasteiger partial charge in [-0.05, 0) is 43.6 Å². The molecule has 0 unspecified atom stereocenters. The van der Waals surface area contributed by atoms with Crippen LogP contribution >= 0.6 is 0 Å². The molecule has 0 bridgehead atoms. The quantitative estimate of drug-likeness (QED) is 0.540. The summed E-state index contributed by atoms with van der Waals surface area (Å²) in [5, 5.41) is 11.7. The molecule has 1 heterocycles. The first-order valence-corrected chi connectivity index (χ1v) is 9.74. The minimum Gasteiger partial charge on any atom is -1.00 e. The van der Waals surface area contributed by atoms with Gasteiger partial charge in [-0.1, -0.05) is 49.6 Å². The summed E-state index contributed by atoms with van der Waals surface area (Å²) < 4.78 is 1.15. The van der Waals surface area contributed by atoms with E-state index in [0.717, 1.165) is 23.0 Å². The van der Waals surface area contributed by atoms with Gasteiger partial charge in [0.2, 0.25) is 0 Å². The molecule has 1 saturated heterocycles. The fourth-order valence-corrected chi connectivity index (χ4v) is 4.83. The van der Waals surface area contributed by atoms with Crippen molar-refractivity contribution in [1.29, 1.82) is 0 Å². The zero-order chi connectivity index (χ0) is 16.2. The zero-order valence-electron chi connectivity index (χ0n) is 15.2. The molecule has 0 aromatic heterocycles. The highest BCUT2D eigenvalue weighted by Crippen LogP contribution is 2.42. The van der Waals surface area contributed by atoms with Crippen LogP contribution in [0.3, 0.4) is 0 Å². The first-order chi connectivity index (χ1) is 11.1. The lowest BCUT2D eigenvalue weighted by molar-refractivity contribution is -0.915. The molecule has 1 N–H and O–H groups in total. The lowest BCUT2D eigenvalue weighted by Gasteiger charge is -2.43. The van der Waals surface area contributed by atoms with E-state index in [-0.39, 0.29) is 24.0 Å². The van der Waals surface area contributed by atoms with Crippen LogP contribution in [0.2, 0.25) is 0 Å². The van der Waals surface area contributed by atoms with Crippen LogP contribution in [0.25, 0.3) is 0 Å². The number of hydrogen-bond acceptors (Lipinski definition) is 1. The Kier molecular flexibility index (Phi) is 7.57. The molecule has 1 aromatic carbocycles. The summed E-state index contributed by atoms with van der Waals surface area (Å²) >= 11 is 0. The molecule has 0 radical (unpaired) electrons. The minimum absolute atomic E-state index is 0. The van der Waals surface area contributed by atoms with Crippen molar-refractivity contribution in [3.05, 3.63) is 35.9 Å². The van der Waals surface area contributed by atoms with Crippen molar-refractivity contribution in [3.8, 4) is 0 Å². The molecular weight excluding hydrogens is 409 g/mol. The summed E-state index contributed by atoms with van der Waals surface area (Å²) in [5.74, 6) is 0.440. The number of hydrogen-bond donors (Lipinski definition) is 1. The number of halogens is 1. The fraction of sp³-hybridized carbons (Fsp3) is 0.714. The van der Waals surface area contributed by atoms with Gasteiger partial charge >= 0.3 is 0 Å². The molecule has 3 heteroatoms. The highest BCUT2D eigenvalue weighted by Gasteiger charge is 2.41. The summed E-state index contributed by atoms with van der Waals surface area (Å²) in [4.78, 5) is 0. The Morgan fingerprint density at radius 2 is 1.54 bits per heavy atom. The number of likely N-dealkylation sites (tertiary alicyclic amines) is 1. The predicted octanol–water partition coefficient (Wildman–Crippen LogP) is 1.48. The van der Waals surface area contributed by atoms with E-state index in [4.69, 9.17) is 0 Å².